The molecule has 112 valence electrons. The molecule has 2 atom stereocenters. The molecule has 1 aromatic carbocycles. The lowest BCUT2D eigenvalue weighted by atomic mass is 9.91. The van der Waals surface area contributed by atoms with Crippen LogP contribution in [0.15, 0.2) is 18.2 Å². The van der Waals surface area contributed by atoms with E-state index < -0.39 is 0 Å². The number of benzene rings is 1. The Morgan fingerprint density at radius 3 is 2.62 bits per heavy atom. The van der Waals surface area contributed by atoms with Gasteiger partial charge in [0.2, 0.25) is 0 Å². The third-order valence-electron chi connectivity index (χ3n) is 3.97. The first-order valence-electron chi connectivity index (χ1n) is 7.60. The minimum absolute atomic E-state index is 0.115. The summed E-state index contributed by atoms with van der Waals surface area (Å²) in [4.78, 5) is 14.7. The number of hydrogen-bond acceptors (Lipinski definition) is 2. The number of rotatable bonds is 1. The molecular weight excluding hydrogens is 260 g/mol. The Balaban J connectivity index is 2.23. The largest absolute Gasteiger partial charge is 0.338 e. The summed E-state index contributed by atoms with van der Waals surface area (Å²) in [6, 6.07) is 5.75. The molecule has 0 radical (unpaired) electrons. The molecule has 2 rings (SSSR count). The van der Waals surface area contributed by atoms with Crippen LogP contribution in [-0.2, 0) is 0 Å². The van der Waals surface area contributed by atoms with Crippen LogP contribution in [0.4, 0.5) is 0 Å². The minimum Gasteiger partial charge on any atom is -0.338 e. The molecule has 1 fully saturated rings. The number of likely N-dealkylation sites (tertiary alicyclic amines) is 1. The number of amides is 1. The summed E-state index contributed by atoms with van der Waals surface area (Å²) in [5.41, 5.74) is 8.12. The molecule has 2 unspecified atom stereocenters. The maximum atomic E-state index is 12.7. The van der Waals surface area contributed by atoms with Crippen LogP contribution in [0.2, 0.25) is 0 Å². The van der Waals surface area contributed by atoms with E-state index in [0.717, 1.165) is 29.8 Å². The molecule has 0 aliphatic carbocycles. The molecule has 21 heavy (non-hydrogen) atoms. The van der Waals surface area contributed by atoms with Gasteiger partial charge >= 0.3 is 0 Å². The summed E-state index contributed by atoms with van der Waals surface area (Å²) in [7, 11) is 0. The highest BCUT2D eigenvalue weighted by atomic mass is 16.2. The van der Waals surface area contributed by atoms with E-state index >= 15 is 0 Å². The van der Waals surface area contributed by atoms with E-state index in [9.17, 15) is 4.79 Å². The quantitative estimate of drug-likeness (QED) is 0.805. The van der Waals surface area contributed by atoms with Crippen LogP contribution in [0.1, 0.15) is 41.8 Å². The predicted octanol–water partition coefficient (Wildman–Crippen LogP) is 2.42. The summed E-state index contributed by atoms with van der Waals surface area (Å²) in [6.07, 6.45) is 1.20. The van der Waals surface area contributed by atoms with Gasteiger partial charge in [-0.15, -0.1) is 0 Å². The zero-order valence-corrected chi connectivity index (χ0v) is 13.1. The molecule has 1 amide bonds. The van der Waals surface area contributed by atoms with E-state index in [1.807, 2.05) is 30.0 Å². The standard InChI is InChI=1S/C18H24N2O/c1-13-9-14(2)12-20(11-13)18(21)17-7-6-15(3)16(10-17)5-4-8-19/h6-7,10,13-14H,8-9,11-12,19H2,1-3H3. The lowest BCUT2D eigenvalue weighted by molar-refractivity contribution is 0.0623. The average molecular weight is 284 g/mol. The summed E-state index contributed by atoms with van der Waals surface area (Å²) in [6.45, 7) is 8.45. The summed E-state index contributed by atoms with van der Waals surface area (Å²) < 4.78 is 0. The molecule has 3 nitrogen and oxygen atoms in total. The fourth-order valence-corrected chi connectivity index (χ4v) is 3.05. The molecule has 0 spiro atoms. The van der Waals surface area contributed by atoms with Crippen LogP contribution in [0, 0.1) is 30.6 Å². The monoisotopic (exact) mass is 284 g/mol. The van der Waals surface area contributed by atoms with Gasteiger partial charge in [0.15, 0.2) is 0 Å². The second-order valence-electron chi connectivity index (χ2n) is 6.19. The molecule has 1 saturated heterocycles. The predicted molar refractivity (Wildman–Crippen MR) is 86.0 cm³/mol. The third-order valence-corrected chi connectivity index (χ3v) is 3.97. The van der Waals surface area contributed by atoms with E-state index in [4.69, 9.17) is 5.73 Å². The van der Waals surface area contributed by atoms with Crippen molar-refractivity contribution in [2.45, 2.75) is 27.2 Å². The van der Waals surface area contributed by atoms with E-state index in [2.05, 4.69) is 25.7 Å². The molecule has 1 aliphatic rings. The SMILES string of the molecule is Cc1ccc(C(=O)N2CC(C)CC(C)C2)cc1C#CCN. The lowest BCUT2D eigenvalue weighted by Crippen LogP contribution is -2.42. The van der Waals surface area contributed by atoms with Crippen molar-refractivity contribution in [3.63, 3.8) is 0 Å². The molecule has 1 aliphatic heterocycles. The van der Waals surface area contributed by atoms with Gasteiger partial charge in [-0.3, -0.25) is 4.79 Å². The van der Waals surface area contributed by atoms with Crippen molar-refractivity contribution in [2.24, 2.45) is 17.6 Å². The van der Waals surface area contributed by atoms with Gasteiger partial charge in [0.05, 0.1) is 6.54 Å². The maximum Gasteiger partial charge on any atom is 0.253 e. The fourth-order valence-electron chi connectivity index (χ4n) is 3.05. The first-order valence-corrected chi connectivity index (χ1v) is 7.60. The normalized spacial score (nSPS) is 21.6. The number of carbonyl (C=O) groups is 1. The molecule has 0 saturated carbocycles. The minimum atomic E-state index is 0.115. The Kier molecular flexibility index (Phi) is 5.03. The van der Waals surface area contributed by atoms with Crippen molar-refractivity contribution in [2.75, 3.05) is 19.6 Å². The van der Waals surface area contributed by atoms with Crippen LogP contribution in [0.3, 0.4) is 0 Å². The van der Waals surface area contributed by atoms with Crippen molar-refractivity contribution in [3.8, 4) is 11.8 Å². The molecular formula is C18H24N2O. The smallest absolute Gasteiger partial charge is 0.253 e. The number of piperidine rings is 1. The molecule has 2 N–H and O–H groups in total. The first-order chi connectivity index (χ1) is 10.0. The van der Waals surface area contributed by atoms with Crippen LogP contribution < -0.4 is 5.73 Å². The van der Waals surface area contributed by atoms with Crippen LogP contribution in [-0.4, -0.2) is 30.4 Å². The molecule has 0 aromatic heterocycles. The number of aryl methyl sites for hydroxylation is 1. The second-order valence-corrected chi connectivity index (χ2v) is 6.19. The number of carbonyl (C=O) groups excluding carboxylic acids is 1. The third kappa shape index (κ3) is 3.86. The van der Waals surface area contributed by atoms with Gasteiger partial charge in [-0.1, -0.05) is 31.8 Å². The summed E-state index contributed by atoms with van der Waals surface area (Å²) in [5, 5.41) is 0. The summed E-state index contributed by atoms with van der Waals surface area (Å²) >= 11 is 0. The first kappa shape index (κ1) is 15.6. The highest BCUT2D eigenvalue weighted by Gasteiger charge is 2.26. The Morgan fingerprint density at radius 1 is 1.33 bits per heavy atom. The lowest BCUT2D eigenvalue weighted by Gasteiger charge is -2.35. The highest BCUT2D eigenvalue weighted by Crippen LogP contribution is 2.23. The average Bonchev–Trinajstić information content (AvgIpc) is 2.44. The van der Waals surface area contributed by atoms with Gasteiger partial charge in [-0.05, 0) is 42.9 Å². The molecule has 1 heterocycles. The zero-order valence-electron chi connectivity index (χ0n) is 13.1. The van der Waals surface area contributed by atoms with Crippen LogP contribution in [0.5, 0.6) is 0 Å². The van der Waals surface area contributed by atoms with Gasteiger partial charge in [0.25, 0.3) is 5.91 Å². The Labute approximate surface area is 127 Å². The van der Waals surface area contributed by atoms with Crippen molar-refractivity contribution < 1.29 is 4.79 Å². The van der Waals surface area contributed by atoms with Gasteiger partial charge in [0.1, 0.15) is 0 Å². The number of nitrogens with zero attached hydrogens (tertiary/aromatic N) is 1. The highest BCUT2D eigenvalue weighted by molar-refractivity contribution is 5.94. The maximum absolute atomic E-state index is 12.7. The molecule has 3 heteroatoms. The van der Waals surface area contributed by atoms with Gasteiger partial charge in [-0.25, -0.2) is 0 Å². The van der Waals surface area contributed by atoms with Crippen molar-refractivity contribution in [3.05, 3.63) is 34.9 Å². The topological polar surface area (TPSA) is 46.3 Å². The van der Waals surface area contributed by atoms with Gasteiger partial charge in [-0.2, -0.15) is 0 Å². The second kappa shape index (κ2) is 6.78. The zero-order chi connectivity index (χ0) is 15.4. The Morgan fingerprint density at radius 2 is 2.00 bits per heavy atom. The van der Waals surface area contributed by atoms with E-state index in [1.54, 1.807) is 0 Å². The Bertz CT molecular complexity index is 573. The molecule has 1 aromatic rings. The number of hydrogen-bond donors (Lipinski definition) is 1. The van der Waals surface area contributed by atoms with Crippen LogP contribution >= 0.6 is 0 Å². The van der Waals surface area contributed by atoms with Gasteiger partial charge in [0, 0.05) is 24.2 Å². The van der Waals surface area contributed by atoms with Crippen molar-refractivity contribution in [1.82, 2.24) is 4.90 Å². The van der Waals surface area contributed by atoms with Gasteiger partial charge < -0.3 is 10.6 Å². The van der Waals surface area contributed by atoms with E-state index in [-0.39, 0.29) is 5.91 Å². The van der Waals surface area contributed by atoms with Crippen molar-refractivity contribution in [1.29, 1.82) is 0 Å². The van der Waals surface area contributed by atoms with E-state index in [1.165, 1.54) is 6.42 Å². The van der Waals surface area contributed by atoms with Crippen molar-refractivity contribution >= 4 is 5.91 Å². The van der Waals surface area contributed by atoms with E-state index in [0.29, 0.717) is 18.4 Å². The van der Waals surface area contributed by atoms with Crippen LogP contribution in [0.25, 0.3) is 0 Å². The fraction of sp³-hybridized carbons (Fsp3) is 0.500. The number of nitrogens with two attached hydrogens (primary N) is 1. The summed E-state index contributed by atoms with van der Waals surface area (Å²) in [5.74, 6) is 7.15. The molecule has 0 bridgehead atoms. The Hall–Kier alpha value is -1.79.